The highest BCUT2D eigenvalue weighted by atomic mass is 35.5. The Kier molecular flexibility index (Phi) is 5.47. The van der Waals surface area contributed by atoms with E-state index in [9.17, 15) is 9.18 Å². The number of fused-ring (bicyclic) bond motifs is 1. The number of carbonyl (C=O) groups is 1. The van der Waals surface area contributed by atoms with Gasteiger partial charge in [0.1, 0.15) is 11.6 Å². The van der Waals surface area contributed by atoms with Crippen LogP contribution in [-0.4, -0.2) is 28.0 Å². The van der Waals surface area contributed by atoms with Crippen LogP contribution in [0.5, 0.6) is 0 Å². The number of halogens is 2. The average molecular weight is 301 g/mol. The highest BCUT2D eigenvalue weighted by molar-refractivity contribution is 5.85. The molecule has 0 saturated carbocycles. The van der Waals surface area contributed by atoms with Gasteiger partial charge in [0.25, 0.3) is 0 Å². The third kappa shape index (κ3) is 3.46. The summed E-state index contributed by atoms with van der Waals surface area (Å²) in [5.41, 5.74) is 6.94. The van der Waals surface area contributed by atoms with Crippen LogP contribution in [0.15, 0.2) is 18.2 Å². The number of aromatic nitrogens is 2. The second-order valence-corrected chi connectivity index (χ2v) is 4.55. The molecule has 0 bridgehead atoms. The number of hydrogen-bond acceptors (Lipinski definition) is 3. The van der Waals surface area contributed by atoms with Gasteiger partial charge in [-0.25, -0.2) is 9.37 Å². The van der Waals surface area contributed by atoms with Crippen LogP contribution in [0.25, 0.3) is 11.0 Å². The topological polar surface area (TPSA) is 72.9 Å². The zero-order valence-corrected chi connectivity index (χ0v) is 12.2. The molecule has 1 aromatic heterocycles. The van der Waals surface area contributed by atoms with Crippen molar-refractivity contribution in [1.82, 2.24) is 14.9 Å². The minimum absolute atomic E-state index is 0. The molecule has 1 atom stereocenters. The number of carbonyl (C=O) groups excluding carboxylic acids is 1. The molecule has 0 saturated heterocycles. The van der Waals surface area contributed by atoms with Gasteiger partial charge >= 0.3 is 0 Å². The Hall–Kier alpha value is -1.66. The number of nitrogens with one attached hydrogen (secondary N) is 1. The Morgan fingerprint density at radius 1 is 1.55 bits per heavy atom. The SMILES string of the molecule is CC(N)C(=O)NCCc1nc2ccc(F)cc2n1C.Cl. The molecule has 1 aromatic carbocycles. The normalized spacial score (nSPS) is 12.0. The van der Waals surface area contributed by atoms with Crippen LogP contribution in [0.3, 0.4) is 0 Å². The van der Waals surface area contributed by atoms with Crippen LogP contribution in [0, 0.1) is 5.82 Å². The number of hydrogen-bond donors (Lipinski definition) is 2. The van der Waals surface area contributed by atoms with Crippen molar-refractivity contribution in [2.45, 2.75) is 19.4 Å². The van der Waals surface area contributed by atoms with Gasteiger partial charge in [0.15, 0.2) is 0 Å². The molecule has 2 rings (SSSR count). The van der Waals surface area contributed by atoms with Gasteiger partial charge in [0.05, 0.1) is 17.1 Å². The molecule has 7 heteroatoms. The molecule has 1 unspecified atom stereocenters. The number of benzene rings is 1. The van der Waals surface area contributed by atoms with Crippen molar-refractivity contribution < 1.29 is 9.18 Å². The van der Waals surface area contributed by atoms with E-state index in [1.807, 2.05) is 11.6 Å². The maximum absolute atomic E-state index is 13.2. The lowest BCUT2D eigenvalue weighted by Gasteiger charge is -2.07. The van der Waals surface area contributed by atoms with E-state index in [2.05, 4.69) is 10.3 Å². The number of amides is 1. The third-order valence-electron chi connectivity index (χ3n) is 3.00. The second kappa shape index (κ2) is 6.67. The first kappa shape index (κ1) is 16.4. The summed E-state index contributed by atoms with van der Waals surface area (Å²) in [6.45, 7) is 2.09. The van der Waals surface area contributed by atoms with Crippen LogP contribution in [0.1, 0.15) is 12.7 Å². The van der Waals surface area contributed by atoms with E-state index >= 15 is 0 Å². The summed E-state index contributed by atoms with van der Waals surface area (Å²) >= 11 is 0. The molecule has 1 amide bonds. The van der Waals surface area contributed by atoms with Crippen molar-refractivity contribution in [3.8, 4) is 0 Å². The summed E-state index contributed by atoms with van der Waals surface area (Å²) in [5.74, 6) is 0.322. The number of nitrogens with two attached hydrogens (primary N) is 1. The van der Waals surface area contributed by atoms with E-state index in [0.29, 0.717) is 13.0 Å². The van der Waals surface area contributed by atoms with Gasteiger partial charge in [-0.15, -0.1) is 12.4 Å². The molecular formula is C13H18ClFN4O. The zero-order chi connectivity index (χ0) is 14.0. The quantitative estimate of drug-likeness (QED) is 0.889. The maximum atomic E-state index is 13.2. The third-order valence-corrected chi connectivity index (χ3v) is 3.00. The van der Waals surface area contributed by atoms with Crippen LogP contribution in [0.4, 0.5) is 4.39 Å². The first-order valence-electron chi connectivity index (χ1n) is 6.13. The largest absolute Gasteiger partial charge is 0.354 e. The van der Waals surface area contributed by atoms with Crippen molar-refractivity contribution >= 4 is 29.3 Å². The molecule has 2 aromatic rings. The van der Waals surface area contributed by atoms with E-state index in [0.717, 1.165) is 16.9 Å². The minimum Gasteiger partial charge on any atom is -0.354 e. The monoisotopic (exact) mass is 300 g/mol. The van der Waals surface area contributed by atoms with Gasteiger partial charge in [-0.1, -0.05) is 0 Å². The fourth-order valence-electron chi connectivity index (χ4n) is 1.89. The van der Waals surface area contributed by atoms with Crippen LogP contribution >= 0.6 is 12.4 Å². The Labute approximate surface area is 122 Å². The highest BCUT2D eigenvalue weighted by Crippen LogP contribution is 2.16. The van der Waals surface area contributed by atoms with Gasteiger partial charge in [-0.05, 0) is 25.1 Å². The molecular weight excluding hydrogens is 283 g/mol. The lowest BCUT2D eigenvalue weighted by atomic mass is 10.3. The Morgan fingerprint density at radius 2 is 2.25 bits per heavy atom. The second-order valence-electron chi connectivity index (χ2n) is 4.55. The molecule has 0 aliphatic rings. The molecule has 0 radical (unpaired) electrons. The van der Waals surface area contributed by atoms with E-state index in [4.69, 9.17) is 5.73 Å². The smallest absolute Gasteiger partial charge is 0.236 e. The van der Waals surface area contributed by atoms with Crippen molar-refractivity contribution in [2.24, 2.45) is 12.8 Å². The zero-order valence-electron chi connectivity index (χ0n) is 11.4. The van der Waals surface area contributed by atoms with Gasteiger partial charge in [0, 0.05) is 20.0 Å². The van der Waals surface area contributed by atoms with Crippen LogP contribution in [-0.2, 0) is 18.3 Å². The minimum atomic E-state index is -0.519. The van der Waals surface area contributed by atoms with Gasteiger partial charge in [-0.3, -0.25) is 4.79 Å². The Balaban J connectivity index is 0.00000200. The molecule has 0 aliphatic heterocycles. The fraction of sp³-hybridized carbons (Fsp3) is 0.385. The van der Waals surface area contributed by atoms with Crippen molar-refractivity contribution in [3.63, 3.8) is 0 Å². The number of aryl methyl sites for hydroxylation is 1. The number of nitrogens with zero attached hydrogens (tertiary/aromatic N) is 2. The first-order chi connectivity index (χ1) is 8.99. The van der Waals surface area contributed by atoms with E-state index in [-0.39, 0.29) is 24.1 Å². The lowest BCUT2D eigenvalue weighted by Crippen LogP contribution is -2.39. The summed E-state index contributed by atoms with van der Waals surface area (Å²) in [6, 6.07) is 3.97. The molecule has 1 heterocycles. The lowest BCUT2D eigenvalue weighted by molar-refractivity contribution is -0.121. The first-order valence-corrected chi connectivity index (χ1v) is 6.13. The van der Waals surface area contributed by atoms with E-state index in [1.54, 1.807) is 13.0 Å². The van der Waals surface area contributed by atoms with Gasteiger partial charge in [-0.2, -0.15) is 0 Å². The predicted octanol–water partition coefficient (Wildman–Crippen LogP) is 1.14. The van der Waals surface area contributed by atoms with Gasteiger partial charge in [0.2, 0.25) is 5.91 Å². The summed E-state index contributed by atoms with van der Waals surface area (Å²) in [4.78, 5) is 15.7. The van der Waals surface area contributed by atoms with E-state index < -0.39 is 6.04 Å². The number of rotatable bonds is 4. The van der Waals surface area contributed by atoms with Crippen molar-refractivity contribution in [3.05, 3.63) is 29.8 Å². The van der Waals surface area contributed by atoms with Crippen molar-refractivity contribution in [1.29, 1.82) is 0 Å². The van der Waals surface area contributed by atoms with Crippen molar-refractivity contribution in [2.75, 3.05) is 6.54 Å². The highest BCUT2D eigenvalue weighted by Gasteiger charge is 2.10. The summed E-state index contributed by atoms with van der Waals surface area (Å²) < 4.78 is 15.0. The average Bonchev–Trinajstić information content (AvgIpc) is 2.66. The molecule has 0 fully saturated rings. The summed E-state index contributed by atoms with van der Waals surface area (Å²) in [7, 11) is 1.83. The standard InChI is InChI=1S/C13H17FN4O.ClH/c1-8(15)13(19)16-6-5-12-17-10-4-3-9(14)7-11(10)18(12)2;/h3-4,7-8H,5-6,15H2,1-2H3,(H,16,19);1H. The molecule has 20 heavy (non-hydrogen) atoms. The summed E-state index contributed by atoms with van der Waals surface area (Å²) in [5, 5.41) is 2.72. The maximum Gasteiger partial charge on any atom is 0.236 e. The molecule has 0 aliphatic carbocycles. The predicted molar refractivity (Wildman–Crippen MR) is 78.3 cm³/mol. The Bertz CT molecular complexity index is 612. The van der Waals surface area contributed by atoms with Gasteiger partial charge < -0.3 is 15.6 Å². The molecule has 3 N–H and O–H groups in total. The van der Waals surface area contributed by atoms with E-state index in [1.165, 1.54) is 12.1 Å². The fourth-order valence-corrected chi connectivity index (χ4v) is 1.89. The molecule has 5 nitrogen and oxygen atoms in total. The summed E-state index contributed by atoms with van der Waals surface area (Å²) in [6.07, 6.45) is 0.575. The molecule has 110 valence electrons. The Morgan fingerprint density at radius 3 is 2.90 bits per heavy atom. The van der Waals surface area contributed by atoms with Crippen LogP contribution in [0.2, 0.25) is 0 Å². The number of imidazole rings is 1. The molecule has 0 spiro atoms. The van der Waals surface area contributed by atoms with Crippen LogP contribution < -0.4 is 11.1 Å².